The summed E-state index contributed by atoms with van der Waals surface area (Å²) in [6.07, 6.45) is 2.79. The number of aromatic nitrogens is 2. The van der Waals surface area contributed by atoms with E-state index in [1.54, 1.807) is 0 Å². The van der Waals surface area contributed by atoms with Crippen LogP contribution in [0.4, 0.5) is 15.8 Å². The Kier molecular flexibility index (Phi) is 3.50. The van der Waals surface area contributed by atoms with Crippen LogP contribution in [0.2, 0.25) is 0 Å². The third kappa shape index (κ3) is 2.69. The van der Waals surface area contributed by atoms with Crippen LogP contribution in [0.5, 0.6) is 0 Å². The minimum atomic E-state index is -0.614. The lowest BCUT2D eigenvalue weighted by Crippen LogP contribution is -1.98. The number of nitriles is 1. The van der Waals surface area contributed by atoms with Crippen LogP contribution < -0.4 is 5.32 Å². The smallest absolute Gasteiger partial charge is 0.213 e. The maximum atomic E-state index is 13.4. The van der Waals surface area contributed by atoms with Crippen molar-refractivity contribution >= 4 is 38.2 Å². The molecule has 21 heavy (non-hydrogen) atoms. The first kappa shape index (κ1) is 13.5. The summed E-state index contributed by atoms with van der Waals surface area (Å²) in [5.74, 6) is -0.614. The Morgan fingerprint density at radius 2 is 2.05 bits per heavy atom. The van der Waals surface area contributed by atoms with E-state index in [4.69, 9.17) is 0 Å². The summed E-state index contributed by atoms with van der Waals surface area (Å²) in [6, 6.07) is 10.8. The number of anilines is 2. The van der Waals surface area contributed by atoms with Gasteiger partial charge < -0.3 is 5.32 Å². The molecular formula is C15H8BrFN4. The van der Waals surface area contributed by atoms with E-state index in [1.807, 2.05) is 24.3 Å². The van der Waals surface area contributed by atoms with Crippen LogP contribution in [0.15, 0.2) is 47.2 Å². The van der Waals surface area contributed by atoms with Gasteiger partial charge in [0.2, 0.25) is 5.95 Å². The first-order valence-electron chi connectivity index (χ1n) is 6.04. The van der Waals surface area contributed by atoms with E-state index in [1.165, 1.54) is 18.5 Å². The Balaban J connectivity index is 2.19. The van der Waals surface area contributed by atoms with Gasteiger partial charge in [0.1, 0.15) is 6.07 Å². The zero-order valence-corrected chi connectivity index (χ0v) is 12.2. The van der Waals surface area contributed by atoms with Gasteiger partial charge in [0.15, 0.2) is 0 Å². The lowest BCUT2D eigenvalue weighted by atomic mass is 10.1. The van der Waals surface area contributed by atoms with E-state index in [-0.39, 0.29) is 0 Å². The summed E-state index contributed by atoms with van der Waals surface area (Å²) in [4.78, 5) is 7.69. The van der Waals surface area contributed by atoms with E-state index in [0.717, 1.165) is 10.2 Å². The fraction of sp³-hybridized carbons (Fsp3) is 0. The highest BCUT2D eigenvalue weighted by atomic mass is 79.9. The number of halogens is 2. The SMILES string of the molecule is N#Cc1cnc2cnc(F)cc2c1Nc1cccc(Br)c1. The molecule has 0 saturated carbocycles. The number of hydrogen-bond donors (Lipinski definition) is 1. The van der Waals surface area contributed by atoms with Crippen LogP contribution in [0.25, 0.3) is 10.9 Å². The van der Waals surface area contributed by atoms with Crippen molar-refractivity contribution in [1.82, 2.24) is 9.97 Å². The highest BCUT2D eigenvalue weighted by molar-refractivity contribution is 9.10. The Morgan fingerprint density at radius 1 is 1.19 bits per heavy atom. The molecule has 0 aliphatic heterocycles. The molecule has 0 aliphatic carbocycles. The molecule has 1 aromatic carbocycles. The van der Waals surface area contributed by atoms with Crippen LogP contribution in [-0.4, -0.2) is 9.97 Å². The number of fused-ring (bicyclic) bond motifs is 1. The van der Waals surface area contributed by atoms with Gasteiger partial charge >= 0.3 is 0 Å². The zero-order chi connectivity index (χ0) is 14.8. The molecule has 0 fully saturated rings. The van der Waals surface area contributed by atoms with Crippen molar-refractivity contribution in [3.63, 3.8) is 0 Å². The maximum absolute atomic E-state index is 13.4. The van der Waals surface area contributed by atoms with Gasteiger partial charge in [0.05, 0.1) is 23.0 Å². The Labute approximate surface area is 128 Å². The van der Waals surface area contributed by atoms with E-state index in [2.05, 4.69) is 37.3 Å². The van der Waals surface area contributed by atoms with Crippen molar-refractivity contribution in [3.8, 4) is 6.07 Å². The predicted molar refractivity (Wildman–Crippen MR) is 81.6 cm³/mol. The second-order valence-electron chi connectivity index (χ2n) is 4.32. The topological polar surface area (TPSA) is 61.6 Å². The Bertz CT molecular complexity index is 873. The molecule has 4 nitrogen and oxygen atoms in total. The van der Waals surface area contributed by atoms with Crippen LogP contribution in [-0.2, 0) is 0 Å². The molecule has 0 spiro atoms. The quantitative estimate of drug-likeness (QED) is 0.710. The molecule has 0 bridgehead atoms. The summed E-state index contributed by atoms with van der Waals surface area (Å²) >= 11 is 3.39. The van der Waals surface area contributed by atoms with Crippen LogP contribution >= 0.6 is 15.9 Å². The van der Waals surface area contributed by atoms with Gasteiger partial charge in [-0.15, -0.1) is 0 Å². The molecule has 3 aromatic rings. The summed E-state index contributed by atoms with van der Waals surface area (Å²) < 4.78 is 14.3. The maximum Gasteiger partial charge on any atom is 0.213 e. The van der Waals surface area contributed by atoms with E-state index in [0.29, 0.717) is 22.2 Å². The van der Waals surface area contributed by atoms with Gasteiger partial charge in [0, 0.05) is 27.8 Å². The van der Waals surface area contributed by atoms with E-state index >= 15 is 0 Å². The highest BCUT2D eigenvalue weighted by Crippen LogP contribution is 2.29. The lowest BCUT2D eigenvalue weighted by molar-refractivity contribution is 0.586. The molecule has 0 aliphatic rings. The van der Waals surface area contributed by atoms with Crippen molar-refractivity contribution in [2.24, 2.45) is 0 Å². The average molecular weight is 343 g/mol. The minimum absolute atomic E-state index is 0.341. The second-order valence-corrected chi connectivity index (χ2v) is 5.23. The molecule has 0 amide bonds. The molecule has 1 N–H and O–H groups in total. The highest BCUT2D eigenvalue weighted by Gasteiger charge is 2.11. The van der Waals surface area contributed by atoms with Crippen molar-refractivity contribution in [3.05, 3.63) is 58.7 Å². The molecule has 2 heterocycles. The van der Waals surface area contributed by atoms with Gasteiger partial charge in [-0.2, -0.15) is 9.65 Å². The largest absolute Gasteiger partial charge is 0.354 e. The van der Waals surface area contributed by atoms with Gasteiger partial charge in [-0.05, 0) is 18.2 Å². The molecule has 102 valence electrons. The first-order valence-corrected chi connectivity index (χ1v) is 6.83. The number of pyridine rings is 2. The van der Waals surface area contributed by atoms with Crippen molar-refractivity contribution < 1.29 is 4.39 Å². The normalized spacial score (nSPS) is 10.3. The summed E-state index contributed by atoms with van der Waals surface area (Å²) in [5, 5.41) is 12.9. The summed E-state index contributed by atoms with van der Waals surface area (Å²) in [6.45, 7) is 0. The molecule has 0 unspecified atom stereocenters. The Morgan fingerprint density at radius 3 is 2.81 bits per heavy atom. The Hall–Kier alpha value is -2.52. The van der Waals surface area contributed by atoms with E-state index < -0.39 is 5.95 Å². The molecule has 0 atom stereocenters. The van der Waals surface area contributed by atoms with Crippen molar-refractivity contribution in [2.45, 2.75) is 0 Å². The second kappa shape index (κ2) is 5.46. The molecule has 0 saturated heterocycles. The van der Waals surface area contributed by atoms with Gasteiger partial charge in [-0.1, -0.05) is 22.0 Å². The standard InChI is InChI=1S/C15H8BrFN4/c16-10-2-1-3-11(4-10)21-15-9(6-18)7-19-13-8-20-14(17)5-12(13)15/h1-5,7-8H,(H,19,21). The summed E-state index contributed by atoms with van der Waals surface area (Å²) in [5.41, 5.74) is 2.16. The number of benzene rings is 1. The third-order valence-electron chi connectivity index (χ3n) is 2.94. The third-order valence-corrected chi connectivity index (χ3v) is 3.43. The van der Waals surface area contributed by atoms with Crippen LogP contribution in [0.3, 0.4) is 0 Å². The van der Waals surface area contributed by atoms with Crippen LogP contribution in [0, 0.1) is 17.3 Å². The molecule has 2 aromatic heterocycles. The van der Waals surface area contributed by atoms with Crippen LogP contribution in [0.1, 0.15) is 5.56 Å². The molecule has 6 heteroatoms. The van der Waals surface area contributed by atoms with Crippen molar-refractivity contribution in [2.75, 3.05) is 5.32 Å². The number of nitrogens with one attached hydrogen (secondary N) is 1. The predicted octanol–water partition coefficient (Wildman–Crippen LogP) is 4.15. The van der Waals surface area contributed by atoms with E-state index in [9.17, 15) is 9.65 Å². The van der Waals surface area contributed by atoms with Crippen molar-refractivity contribution in [1.29, 1.82) is 5.26 Å². The van der Waals surface area contributed by atoms with Gasteiger partial charge in [-0.3, -0.25) is 4.98 Å². The summed E-state index contributed by atoms with van der Waals surface area (Å²) in [7, 11) is 0. The molecule has 3 rings (SSSR count). The molecule has 0 radical (unpaired) electrons. The number of hydrogen-bond acceptors (Lipinski definition) is 4. The monoisotopic (exact) mass is 342 g/mol. The zero-order valence-electron chi connectivity index (χ0n) is 10.6. The minimum Gasteiger partial charge on any atom is -0.354 e. The lowest BCUT2D eigenvalue weighted by Gasteiger charge is -2.11. The average Bonchev–Trinajstić information content (AvgIpc) is 2.48. The fourth-order valence-corrected chi connectivity index (χ4v) is 2.40. The van der Waals surface area contributed by atoms with Gasteiger partial charge in [-0.25, -0.2) is 4.98 Å². The first-order chi connectivity index (χ1) is 10.2. The van der Waals surface area contributed by atoms with Gasteiger partial charge in [0.25, 0.3) is 0 Å². The fourth-order valence-electron chi connectivity index (χ4n) is 2.00. The molecular weight excluding hydrogens is 335 g/mol. The number of nitrogens with zero attached hydrogens (tertiary/aromatic N) is 3. The number of rotatable bonds is 2.